The lowest BCUT2D eigenvalue weighted by Gasteiger charge is -2.24. The van der Waals surface area contributed by atoms with E-state index in [1.165, 1.54) is 0 Å². The van der Waals surface area contributed by atoms with Crippen molar-refractivity contribution >= 4 is 23.4 Å². The Labute approximate surface area is 103 Å². The van der Waals surface area contributed by atoms with Gasteiger partial charge in [0.15, 0.2) is 5.69 Å². The van der Waals surface area contributed by atoms with E-state index in [1.54, 1.807) is 0 Å². The number of H-pyrrole nitrogens is 1. The van der Waals surface area contributed by atoms with Crippen molar-refractivity contribution in [1.82, 2.24) is 20.4 Å². The fraction of sp³-hybridized carbons (Fsp3) is 0.400. The Morgan fingerprint density at radius 3 is 2.50 bits per heavy atom. The van der Waals surface area contributed by atoms with Crippen LogP contribution in [0.25, 0.3) is 0 Å². The van der Waals surface area contributed by atoms with Crippen molar-refractivity contribution in [2.45, 2.75) is 13.3 Å². The lowest BCUT2D eigenvalue weighted by molar-refractivity contribution is -0.135. The molecule has 96 valence electrons. The van der Waals surface area contributed by atoms with Gasteiger partial charge in [0.1, 0.15) is 13.1 Å². The molecule has 0 aliphatic carbocycles. The molecule has 0 unspecified atom stereocenters. The van der Waals surface area contributed by atoms with Crippen LogP contribution in [0.15, 0.2) is 0 Å². The van der Waals surface area contributed by atoms with E-state index < -0.39 is 17.7 Å². The van der Waals surface area contributed by atoms with Crippen LogP contribution in [0.1, 0.15) is 23.1 Å². The first-order chi connectivity index (χ1) is 8.52. The summed E-state index contributed by atoms with van der Waals surface area (Å²) in [6.07, 6.45) is 0.617. The number of hydrogen-bond acceptors (Lipinski definition) is 5. The second kappa shape index (κ2) is 4.47. The number of amides is 3. The van der Waals surface area contributed by atoms with Crippen LogP contribution in [0.5, 0.6) is 0 Å². The monoisotopic (exact) mass is 251 g/mol. The SMILES string of the molecule is CCc1[nH]nc(C(=O)N2CC(=O)NC(=O)C2)c1N. The van der Waals surface area contributed by atoms with Gasteiger partial charge in [-0.15, -0.1) is 0 Å². The van der Waals surface area contributed by atoms with Crippen molar-refractivity contribution in [3.05, 3.63) is 11.4 Å². The summed E-state index contributed by atoms with van der Waals surface area (Å²) >= 11 is 0. The highest BCUT2D eigenvalue weighted by Crippen LogP contribution is 2.16. The van der Waals surface area contributed by atoms with Gasteiger partial charge in [0.25, 0.3) is 5.91 Å². The number of anilines is 1. The number of nitrogen functional groups attached to an aromatic ring is 1. The highest BCUT2D eigenvalue weighted by atomic mass is 16.2. The summed E-state index contributed by atoms with van der Waals surface area (Å²) in [5.41, 5.74) is 6.74. The van der Waals surface area contributed by atoms with Crippen molar-refractivity contribution in [2.75, 3.05) is 18.8 Å². The number of carbonyl (C=O) groups is 3. The van der Waals surface area contributed by atoms with Gasteiger partial charge in [-0.3, -0.25) is 24.8 Å². The predicted molar refractivity (Wildman–Crippen MR) is 61.4 cm³/mol. The van der Waals surface area contributed by atoms with Crippen molar-refractivity contribution in [3.8, 4) is 0 Å². The first-order valence-corrected chi connectivity index (χ1v) is 5.47. The van der Waals surface area contributed by atoms with Crippen molar-refractivity contribution in [2.24, 2.45) is 0 Å². The largest absolute Gasteiger partial charge is 0.395 e. The number of aryl methyl sites for hydroxylation is 1. The van der Waals surface area contributed by atoms with E-state index in [0.717, 1.165) is 4.90 Å². The number of imide groups is 1. The lowest BCUT2D eigenvalue weighted by Crippen LogP contribution is -2.53. The second-order valence-electron chi connectivity index (χ2n) is 3.95. The Morgan fingerprint density at radius 1 is 1.39 bits per heavy atom. The molecule has 0 radical (unpaired) electrons. The Balaban J connectivity index is 2.22. The molecule has 1 saturated heterocycles. The Morgan fingerprint density at radius 2 is 2.00 bits per heavy atom. The number of carbonyl (C=O) groups excluding carboxylic acids is 3. The maximum atomic E-state index is 12.1. The van der Waals surface area contributed by atoms with E-state index in [2.05, 4.69) is 15.5 Å². The van der Waals surface area contributed by atoms with Gasteiger partial charge in [-0.25, -0.2) is 0 Å². The molecule has 1 aliphatic rings. The molecule has 0 saturated carbocycles. The van der Waals surface area contributed by atoms with E-state index >= 15 is 0 Å². The Hall–Kier alpha value is -2.38. The average Bonchev–Trinajstić information content (AvgIpc) is 2.68. The molecule has 1 aromatic heterocycles. The molecule has 3 amide bonds. The van der Waals surface area contributed by atoms with Crippen LogP contribution in [0.3, 0.4) is 0 Å². The first-order valence-electron chi connectivity index (χ1n) is 5.47. The molecule has 8 heteroatoms. The van der Waals surface area contributed by atoms with Crippen molar-refractivity contribution in [3.63, 3.8) is 0 Å². The summed E-state index contributed by atoms with van der Waals surface area (Å²) in [5.74, 6) is -1.54. The summed E-state index contributed by atoms with van der Waals surface area (Å²) in [4.78, 5) is 35.6. The van der Waals surface area contributed by atoms with Gasteiger partial charge in [0.2, 0.25) is 11.8 Å². The van der Waals surface area contributed by atoms with Gasteiger partial charge in [-0.2, -0.15) is 5.10 Å². The molecular formula is C10H13N5O3. The van der Waals surface area contributed by atoms with Gasteiger partial charge in [-0.05, 0) is 6.42 Å². The smallest absolute Gasteiger partial charge is 0.277 e. The first kappa shape index (κ1) is 12.1. The molecule has 8 nitrogen and oxygen atoms in total. The number of aromatic nitrogens is 2. The number of nitrogens with zero attached hydrogens (tertiary/aromatic N) is 2. The van der Waals surface area contributed by atoms with Crippen LogP contribution in [0.2, 0.25) is 0 Å². The number of nitrogens with one attached hydrogen (secondary N) is 2. The number of rotatable bonds is 2. The third-order valence-electron chi connectivity index (χ3n) is 2.67. The van der Waals surface area contributed by atoms with E-state index in [4.69, 9.17) is 5.73 Å². The predicted octanol–water partition coefficient (Wildman–Crippen LogP) is -1.35. The minimum absolute atomic E-state index is 0.0503. The van der Waals surface area contributed by atoms with Crippen LogP contribution in [-0.4, -0.2) is 45.9 Å². The third kappa shape index (κ3) is 2.04. The fourth-order valence-corrected chi connectivity index (χ4v) is 1.75. The normalized spacial score (nSPS) is 15.7. The van der Waals surface area contributed by atoms with Crippen LogP contribution in [0.4, 0.5) is 5.69 Å². The molecule has 4 N–H and O–H groups in total. The zero-order chi connectivity index (χ0) is 13.3. The molecule has 0 aromatic carbocycles. The maximum absolute atomic E-state index is 12.1. The van der Waals surface area contributed by atoms with Crippen LogP contribution < -0.4 is 11.1 Å². The number of nitrogens with two attached hydrogens (primary N) is 1. The van der Waals surface area contributed by atoms with Crippen molar-refractivity contribution < 1.29 is 14.4 Å². The summed E-state index contributed by atoms with van der Waals surface area (Å²) in [6.45, 7) is 1.53. The number of piperazine rings is 1. The summed E-state index contributed by atoms with van der Waals surface area (Å²) in [7, 11) is 0. The highest BCUT2D eigenvalue weighted by molar-refractivity contribution is 6.06. The quantitative estimate of drug-likeness (QED) is 0.561. The summed E-state index contributed by atoms with van der Waals surface area (Å²) in [6, 6.07) is 0. The Kier molecular flexibility index (Phi) is 3.00. The lowest BCUT2D eigenvalue weighted by atomic mass is 10.2. The standard InChI is InChI=1S/C10H13N5O3/c1-2-5-8(11)9(14-13-5)10(18)15-3-6(16)12-7(17)4-15/h2-4,11H2,1H3,(H,13,14)(H,12,16,17). The molecular weight excluding hydrogens is 238 g/mol. The van der Waals surface area contributed by atoms with Gasteiger partial charge < -0.3 is 10.6 Å². The molecule has 18 heavy (non-hydrogen) atoms. The molecule has 0 bridgehead atoms. The molecule has 1 fully saturated rings. The zero-order valence-electron chi connectivity index (χ0n) is 9.82. The van der Waals surface area contributed by atoms with E-state index in [9.17, 15) is 14.4 Å². The molecule has 1 aromatic rings. The summed E-state index contributed by atoms with van der Waals surface area (Å²) in [5, 5.41) is 8.60. The van der Waals surface area contributed by atoms with E-state index in [0.29, 0.717) is 12.1 Å². The molecule has 0 atom stereocenters. The van der Waals surface area contributed by atoms with Crippen molar-refractivity contribution in [1.29, 1.82) is 0 Å². The van der Waals surface area contributed by atoms with E-state index in [-0.39, 0.29) is 24.5 Å². The summed E-state index contributed by atoms with van der Waals surface area (Å²) < 4.78 is 0. The minimum Gasteiger partial charge on any atom is -0.395 e. The van der Waals surface area contributed by atoms with E-state index in [1.807, 2.05) is 6.92 Å². The highest BCUT2D eigenvalue weighted by Gasteiger charge is 2.29. The topological polar surface area (TPSA) is 121 Å². The minimum atomic E-state index is -0.522. The van der Waals surface area contributed by atoms with Gasteiger partial charge >= 0.3 is 0 Å². The second-order valence-corrected chi connectivity index (χ2v) is 3.95. The fourth-order valence-electron chi connectivity index (χ4n) is 1.75. The zero-order valence-corrected chi connectivity index (χ0v) is 9.82. The molecule has 2 heterocycles. The van der Waals surface area contributed by atoms with Crippen LogP contribution >= 0.6 is 0 Å². The van der Waals surface area contributed by atoms with Crippen LogP contribution in [-0.2, 0) is 16.0 Å². The van der Waals surface area contributed by atoms with Crippen LogP contribution in [0, 0.1) is 0 Å². The molecule has 2 rings (SSSR count). The van der Waals surface area contributed by atoms with Gasteiger partial charge in [-0.1, -0.05) is 6.92 Å². The third-order valence-corrected chi connectivity index (χ3v) is 2.67. The molecule has 0 spiro atoms. The number of hydrogen-bond donors (Lipinski definition) is 3. The van der Waals surface area contributed by atoms with Gasteiger partial charge in [0.05, 0.1) is 11.4 Å². The maximum Gasteiger partial charge on any atom is 0.277 e. The average molecular weight is 251 g/mol. The molecule has 1 aliphatic heterocycles. The van der Waals surface area contributed by atoms with Gasteiger partial charge in [0, 0.05) is 0 Å². The number of aromatic amines is 1. The Bertz CT molecular complexity index is 506.